The highest BCUT2D eigenvalue weighted by atomic mass is 16.7. The number of aliphatic hydroxyl groups is 1. The van der Waals surface area contributed by atoms with Gasteiger partial charge < -0.3 is 39.8 Å². The molecule has 0 aromatic heterocycles. The Morgan fingerprint density at radius 2 is 1.94 bits per heavy atom. The molecule has 0 aromatic carbocycles. The van der Waals surface area contributed by atoms with Crippen LogP contribution in [-0.2, 0) is 33.3 Å². The number of nitrogens with one attached hydrogen (secondary N) is 1. The van der Waals surface area contributed by atoms with Crippen molar-refractivity contribution in [2.24, 2.45) is 28.6 Å². The Balaban J connectivity index is 2.01. The van der Waals surface area contributed by atoms with Crippen molar-refractivity contribution in [1.82, 2.24) is 10.2 Å². The molecule has 1 amide bonds. The molecule has 3 saturated heterocycles. The van der Waals surface area contributed by atoms with E-state index >= 15 is 0 Å². The van der Waals surface area contributed by atoms with Crippen molar-refractivity contribution in [2.75, 3.05) is 26.7 Å². The Morgan fingerprint density at radius 1 is 1.23 bits per heavy atom. The number of Topliss-reactive ketones (excluding diaryl/α,β-unsaturated/α-hetero) is 1. The van der Waals surface area contributed by atoms with Gasteiger partial charge in [-0.1, -0.05) is 32.0 Å². The molecule has 3 aliphatic rings. The van der Waals surface area contributed by atoms with Crippen LogP contribution >= 0.6 is 0 Å². The maximum atomic E-state index is 14.0. The van der Waals surface area contributed by atoms with Gasteiger partial charge in [0.15, 0.2) is 18.2 Å². The van der Waals surface area contributed by atoms with Gasteiger partial charge in [0.2, 0.25) is 0 Å². The number of hydrogen-bond acceptors (Lipinski definition) is 12. The summed E-state index contributed by atoms with van der Waals surface area (Å²) < 4.78 is 30.4. The van der Waals surface area contributed by atoms with Gasteiger partial charge in [-0.25, -0.2) is 4.79 Å². The lowest BCUT2D eigenvalue weighted by atomic mass is 9.78. The number of carbonyl (C=O) groups is 3. The Hall–Kier alpha value is -2.78. The number of esters is 1. The molecule has 15 nitrogen and oxygen atoms in total. The average Bonchev–Trinajstić information content (AvgIpc) is 3.37. The van der Waals surface area contributed by atoms with E-state index in [1.165, 1.54) is 14.0 Å². The van der Waals surface area contributed by atoms with Crippen molar-refractivity contribution in [3.8, 4) is 0 Å². The van der Waals surface area contributed by atoms with E-state index < -0.39 is 84.1 Å². The largest absolute Gasteiger partial charge is 0.458 e. The molecular weight excluding hydrogens is 624 g/mol. The van der Waals surface area contributed by atoms with Gasteiger partial charge in [-0.2, -0.15) is 0 Å². The van der Waals surface area contributed by atoms with Crippen LogP contribution in [0.25, 0.3) is 10.4 Å². The topological polar surface area (TPSA) is 208 Å². The molecule has 15 heteroatoms. The van der Waals surface area contributed by atoms with Crippen molar-refractivity contribution in [3.63, 3.8) is 0 Å². The summed E-state index contributed by atoms with van der Waals surface area (Å²) in [6.45, 7) is 15.8. The monoisotopic (exact) mass is 680 g/mol. The number of aliphatic hydroxyl groups excluding tert-OH is 1. The summed E-state index contributed by atoms with van der Waals surface area (Å²) in [6.07, 6.45) is -1.66. The molecule has 0 spiro atoms. The number of cyclic esters (lactones) is 1. The summed E-state index contributed by atoms with van der Waals surface area (Å²) in [5, 5.41) is 18.0. The highest BCUT2D eigenvalue weighted by molar-refractivity contribution is 6.00. The first-order chi connectivity index (χ1) is 22.7. The van der Waals surface area contributed by atoms with Crippen LogP contribution in [-0.4, -0.2) is 115 Å². The zero-order chi connectivity index (χ0) is 35.8. The maximum absolute atomic E-state index is 14.0. The minimum absolute atomic E-state index is 0.0552. The molecule has 4 N–H and O–H groups in total. The number of nitrogens with two attached hydrogens (primary N) is 1. The number of fused-ring (bicyclic) bond motifs is 1. The minimum atomic E-state index is -1.19. The van der Waals surface area contributed by atoms with Crippen LogP contribution < -0.4 is 11.1 Å². The van der Waals surface area contributed by atoms with Gasteiger partial charge in [-0.15, -0.1) is 6.58 Å². The fourth-order valence-electron chi connectivity index (χ4n) is 7.19. The summed E-state index contributed by atoms with van der Waals surface area (Å²) >= 11 is 0. The lowest BCUT2D eigenvalue weighted by Gasteiger charge is -2.45. The second-order valence-corrected chi connectivity index (χ2v) is 13.7. The zero-order valence-electron chi connectivity index (χ0n) is 29.4. The second kappa shape index (κ2) is 17.7. The van der Waals surface area contributed by atoms with Crippen molar-refractivity contribution in [1.29, 1.82) is 0 Å². The van der Waals surface area contributed by atoms with Crippen LogP contribution in [0.5, 0.6) is 0 Å². The number of nitrogens with zero attached hydrogens (tertiary/aromatic N) is 4. The third-order valence-corrected chi connectivity index (χ3v) is 9.97. The molecule has 0 aliphatic carbocycles. The Bertz CT molecular complexity index is 1170. The highest BCUT2D eigenvalue weighted by Crippen LogP contribution is 2.36. The van der Waals surface area contributed by atoms with Crippen LogP contribution in [0.2, 0.25) is 0 Å². The number of ether oxygens (including phenoxy) is 5. The molecule has 3 rings (SSSR count). The van der Waals surface area contributed by atoms with Gasteiger partial charge in [-0.3, -0.25) is 14.5 Å². The molecular formula is C33H56N6O9. The quantitative estimate of drug-likeness (QED) is 0.0580. The Kier molecular flexibility index (Phi) is 14.7. The number of rotatable bonds is 10. The smallest absolute Gasteiger partial charge is 0.410 e. The molecule has 3 aliphatic heterocycles. The number of ketones is 1. The fraction of sp³-hybridized carbons (Fsp3) is 0.848. The number of amides is 1. The van der Waals surface area contributed by atoms with E-state index in [9.17, 15) is 19.5 Å². The third kappa shape index (κ3) is 9.26. The first-order valence-corrected chi connectivity index (χ1v) is 17.1. The lowest BCUT2D eigenvalue weighted by Crippen LogP contribution is -2.58. The molecule has 3 heterocycles. The number of hydrogen-bond donors (Lipinski definition) is 3. The van der Waals surface area contributed by atoms with E-state index in [0.29, 0.717) is 51.7 Å². The molecule has 13 atom stereocenters. The summed E-state index contributed by atoms with van der Waals surface area (Å²) in [6, 6.07) is -1.61. The third-order valence-electron chi connectivity index (χ3n) is 9.97. The first-order valence-electron chi connectivity index (χ1n) is 17.1. The van der Waals surface area contributed by atoms with Crippen LogP contribution in [0, 0.1) is 17.8 Å². The standard InChI is InChI=1S/C33H56N6O9/c1-9-23-25-28(47-32(43)39(25)14-12-11-13-37-38-35)24(10-2)46-30(42)21(6)26(40)20(5)29(33(7,44-8)16-18(3)17-36-23)48-31-27(41)22(34)15-19(4)45-31/h9,18-25,27-29,31,36,41H,1,10-17,34H2,2-8H3/t18-,19-,20+,21-,22?,23-,24-,25-,27?,28-,29-,31+,33-/m1/s1. The van der Waals surface area contributed by atoms with E-state index in [2.05, 4.69) is 21.9 Å². The minimum Gasteiger partial charge on any atom is -0.458 e. The molecule has 0 bridgehead atoms. The van der Waals surface area contributed by atoms with Crippen LogP contribution in [0.15, 0.2) is 17.8 Å². The Labute approximate surface area is 283 Å². The van der Waals surface area contributed by atoms with Gasteiger partial charge in [0, 0.05) is 43.1 Å². The van der Waals surface area contributed by atoms with Crippen molar-refractivity contribution in [2.45, 2.75) is 134 Å². The number of azide groups is 1. The van der Waals surface area contributed by atoms with Gasteiger partial charge in [-0.05, 0) is 70.9 Å². The summed E-state index contributed by atoms with van der Waals surface area (Å²) in [7, 11) is 1.54. The maximum Gasteiger partial charge on any atom is 0.410 e. The summed E-state index contributed by atoms with van der Waals surface area (Å²) in [4.78, 5) is 45.3. The van der Waals surface area contributed by atoms with E-state index in [4.69, 9.17) is 34.9 Å². The predicted molar refractivity (Wildman–Crippen MR) is 177 cm³/mol. The van der Waals surface area contributed by atoms with Crippen LogP contribution in [0.1, 0.15) is 73.6 Å². The number of carbonyl (C=O) groups excluding carboxylic acids is 3. The number of unbranched alkanes of at least 4 members (excludes halogenated alkanes) is 1. The van der Waals surface area contributed by atoms with Gasteiger partial charge in [0.05, 0.1) is 23.9 Å². The van der Waals surface area contributed by atoms with Crippen LogP contribution in [0.4, 0.5) is 4.79 Å². The highest BCUT2D eigenvalue weighted by Gasteiger charge is 2.51. The average molecular weight is 681 g/mol. The van der Waals surface area contributed by atoms with Gasteiger partial charge in [0.1, 0.15) is 18.1 Å². The predicted octanol–water partition coefficient (Wildman–Crippen LogP) is 3.23. The molecule has 0 radical (unpaired) electrons. The number of methoxy groups -OCH3 is 1. The molecule has 2 unspecified atom stereocenters. The van der Waals surface area contributed by atoms with Gasteiger partial charge >= 0.3 is 12.1 Å². The lowest BCUT2D eigenvalue weighted by molar-refractivity contribution is -0.288. The summed E-state index contributed by atoms with van der Waals surface area (Å²) in [5.74, 6) is -3.32. The second-order valence-electron chi connectivity index (χ2n) is 13.7. The van der Waals surface area contributed by atoms with E-state index in [1.54, 1.807) is 17.9 Å². The normalized spacial score (nSPS) is 40.1. The van der Waals surface area contributed by atoms with Crippen molar-refractivity contribution in [3.05, 3.63) is 23.1 Å². The van der Waals surface area contributed by atoms with E-state index in [1.807, 2.05) is 27.7 Å². The SMILES string of the molecule is C=C[C@H]1NC[C@H](C)C[C@@](C)(OC)[C@H](O[C@@H]2O[C@H](C)CC(N)C2O)[C@@H](C)C(=O)[C@@H](C)C(=O)O[C@H](CC)[C@H]2OC(=O)N(CCCCN=[N+]=[N-])[C@@H]21. The van der Waals surface area contributed by atoms with Crippen LogP contribution in [0.3, 0.4) is 0 Å². The fourth-order valence-corrected chi connectivity index (χ4v) is 7.19. The van der Waals surface area contributed by atoms with Gasteiger partial charge in [0.25, 0.3) is 0 Å². The first kappa shape index (κ1) is 39.7. The van der Waals surface area contributed by atoms with E-state index in [0.717, 1.165) is 0 Å². The van der Waals surface area contributed by atoms with Crippen molar-refractivity contribution < 1.29 is 43.2 Å². The molecule has 0 saturated carbocycles. The molecule has 272 valence electrons. The Morgan fingerprint density at radius 3 is 2.56 bits per heavy atom. The zero-order valence-corrected chi connectivity index (χ0v) is 29.4. The van der Waals surface area contributed by atoms with E-state index in [-0.39, 0.29) is 12.0 Å². The molecule has 48 heavy (non-hydrogen) atoms. The summed E-state index contributed by atoms with van der Waals surface area (Å²) in [5.41, 5.74) is 13.7. The molecule has 3 fully saturated rings. The molecule has 0 aromatic rings. The van der Waals surface area contributed by atoms with Crippen molar-refractivity contribution >= 4 is 17.8 Å².